The molecule has 4 aromatic carbocycles. The molecule has 6 rings (SSSR count). The summed E-state index contributed by atoms with van der Waals surface area (Å²) in [7, 11) is 3.25. The number of esters is 2. The van der Waals surface area contributed by atoms with Gasteiger partial charge in [-0.1, -0.05) is 93.2 Å². The summed E-state index contributed by atoms with van der Waals surface area (Å²) in [5.41, 5.74) is 1.33. The molecule has 2 heterocycles. The van der Waals surface area contributed by atoms with Gasteiger partial charge in [0.2, 0.25) is 41.2 Å². The van der Waals surface area contributed by atoms with Gasteiger partial charge in [-0.15, -0.1) is 0 Å². The van der Waals surface area contributed by atoms with Gasteiger partial charge < -0.3 is 50.3 Å². The average molecular weight is 1180 g/mol. The molecule has 2 fully saturated rings. The van der Waals surface area contributed by atoms with Crippen molar-refractivity contribution in [2.45, 2.75) is 129 Å². The molecule has 5 atom stereocenters. The van der Waals surface area contributed by atoms with Crippen molar-refractivity contribution < 1.29 is 62.2 Å². The number of anilines is 2. The minimum Gasteiger partial charge on any atom is -0.461 e. The van der Waals surface area contributed by atoms with Gasteiger partial charge in [-0.3, -0.25) is 43.2 Å². The fraction of sp³-hybridized carbons (Fsp3) is 0.431. The van der Waals surface area contributed by atoms with Crippen LogP contribution in [0.3, 0.4) is 0 Å². The number of hydrogen-bond acceptors (Lipinski definition) is 13. The van der Waals surface area contributed by atoms with Crippen LogP contribution in [0.25, 0.3) is 0 Å². The Bertz CT molecular complexity index is 3100. The summed E-state index contributed by atoms with van der Waals surface area (Å²) in [4.78, 5) is 156. The number of para-hydroxylation sites is 1. The Labute approximate surface area is 502 Å². The number of rotatable bonds is 27. The van der Waals surface area contributed by atoms with E-state index in [9.17, 15) is 47.9 Å². The topological polar surface area (TPSA) is 267 Å². The van der Waals surface area contributed by atoms with E-state index in [0.717, 1.165) is 6.08 Å². The molecule has 0 bridgehead atoms. The number of nitrogens with one attached hydrogen (secondary N) is 4. The molecule has 21 nitrogen and oxygen atoms in total. The second-order valence-electron chi connectivity index (χ2n) is 22.7. The number of likely N-dealkylation sites (N-methyl/N-ethyl adjacent to an activating group) is 2. The highest BCUT2D eigenvalue weighted by Gasteiger charge is 2.44. The van der Waals surface area contributed by atoms with Crippen LogP contribution in [0.5, 0.6) is 0 Å². The first kappa shape index (κ1) is 66.1. The Kier molecular flexibility index (Phi) is 24.0. The van der Waals surface area contributed by atoms with Crippen molar-refractivity contribution in [1.82, 2.24) is 30.2 Å². The minimum absolute atomic E-state index is 0.0702. The molecular weight excluding hydrogens is 1100 g/mol. The highest BCUT2D eigenvalue weighted by atomic mass is 16.5. The third kappa shape index (κ3) is 18.2. The number of Topliss-reactive ketones (excluding diaryl/α,β-unsaturated/α-hetero) is 1. The maximum Gasteiger partial charge on any atom is 0.330 e. The molecule has 458 valence electrons. The van der Waals surface area contributed by atoms with Crippen molar-refractivity contribution in [3.63, 3.8) is 0 Å². The molecule has 8 amide bonds. The number of benzene rings is 4. The van der Waals surface area contributed by atoms with Crippen LogP contribution in [0.4, 0.5) is 11.4 Å². The summed E-state index contributed by atoms with van der Waals surface area (Å²) in [5.74, 6) is -6.64. The average Bonchev–Trinajstić information content (AvgIpc) is 4.23. The molecule has 4 aromatic rings. The van der Waals surface area contributed by atoms with Crippen LogP contribution < -0.4 is 21.3 Å². The summed E-state index contributed by atoms with van der Waals surface area (Å²) in [6.07, 6.45) is 2.83. The first-order chi connectivity index (χ1) is 41.0. The molecule has 2 aliphatic heterocycles. The van der Waals surface area contributed by atoms with Crippen molar-refractivity contribution in [3.8, 4) is 0 Å². The largest absolute Gasteiger partial charge is 0.461 e. The third-order valence-electron chi connectivity index (χ3n) is 15.2. The number of carbonyl (C=O) groups excluding carboxylic acids is 11. The normalized spacial score (nSPS) is 15.9. The zero-order valence-electron chi connectivity index (χ0n) is 50.1. The minimum atomic E-state index is -1.37. The molecular formula is C65H80N8O13. The van der Waals surface area contributed by atoms with Gasteiger partial charge in [0.15, 0.2) is 0 Å². The van der Waals surface area contributed by atoms with E-state index in [1.165, 1.54) is 28.5 Å². The van der Waals surface area contributed by atoms with E-state index >= 15 is 4.79 Å². The molecule has 4 N–H and O–H groups in total. The zero-order valence-corrected chi connectivity index (χ0v) is 50.1. The van der Waals surface area contributed by atoms with Gasteiger partial charge in [-0.2, -0.15) is 0 Å². The summed E-state index contributed by atoms with van der Waals surface area (Å²) in [6.45, 7) is 12.2. The Morgan fingerprint density at radius 3 is 2.01 bits per heavy atom. The van der Waals surface area contributed by atoms with Gasteiger partial charge in [0.1, 0.15) is 43.4 Å². The molecule has 21 heteroatoms. The lowest BCUT2D eigenvalue weighted by Gasteiger charge is -2.36. The molecule has 0 aliphatic carbocycles. The van der Waals surface area contributed by atoms with Gasteiger partial charge >= 0.3 is 11.9 Å². The lowest BCUT2D eigenvalue weighted by atomic mass is 9.87. The van der Waals surface area contributed by atoms with Crippen molar-refractivity contribution in [2.75, 3.05) is 51.0 Å². The quantitative estimate of drug-likeness (QED) is 0.0289. The Hall–Kier alpha value is -9.01. The number of ether oxygens (including phenoxy) is 2. The second kappa shape index (κ2) is 31.2. The van der Waals surface area contributed by atoms with Crippen molar-refractivity contribution in [1.29, 1.82) is 0 Å². The maximum atomic E-state index is 15.0. The molecule has 2 aliphatic rings. The fourth-order valence-electron chi connectivity index (χ4n) is 10.2. The van der Waals surface area contributed by atoms with Gasteiger partial charge in [0, 0.05) is 76.0 Å². The first-order valence-electron chi connectivity index (χ1n) is 29.1. The van der Waals surface area contributed by atoms with Crippen molar-refractivity contribution >= 4 is 76.4 Å². The van der Waals surface area contributed by atoms with Crippen LogP contribution in [-0.2, 0) is 70.4 Å². The van der Waals surface area contributed by atoms with Crippen LogP contribution >= 0.6 is 0 Å². The van der Waals surface area contributed by atoms with Crippen molar-refractivity contribution in [2.24, 2.45) is 11.3 Å². The number of likely N-dealkylation sites (tertiary alicyclic amines) is 2. The Morgan fingerprint density at radius 2 is 1.35 bits per heavy atom. The third-order valence-corrected chi connectivity index (χ3v) is 15.2. The van der Waals surface area contributed by atoms with E-state index < -0.39 is 88.8 Å². The number of nitrogens with zero attached hydrogens (tertiary/aromatic N) is 4. The first-order valence-corrected chi connectivity index (χ1v) is 29.1. The lowest BCUT2D eigenvalue weighted by Crippen LogP contribution is -2.58. The zero-order chi connectivity index (χ0) is 62.7. The summed E-state index contributed by atoms with van der Waals surface area (Å²) >= 11 is 0. The van der Waals surface area contributed by atoms with Crippen LogP contribution in [-0.4, -0.2) is 149 Å². The number of carbonyl (C=O) groups is 11. The van der Waals surface area contributed by atoms with E-state index in [0.29, 0.717) is 72.3 Å². The fourth-order valence-corrected chi connectivity index (χ4v) is 10.2. The SMILES string of the molecule is C=CC(=O)OCC(C)(C)C(=O)C(=O)N1CCCC[C@H]1C(=O)OCc1cccc(NC(=O)CCC(=O)N[C@H](C(=O)N[C@@H](Cc2ccc(C(=O)Nc3ccccc3)cc2)C(=O)N2CCC[C@@H]2C(=O)N(C)[C@@H](CC(C)C)C(=O)N(C)CC)c2ccccc2)c1. The molecule has 0 spiro atoms. The lowest BCUT2D eigenvalue weighted by molar-refractivity contribution is -0.162. The second-order valence-corrected chi connectivity index (χ2v) is 22.7. The predicted octanol–water partition coefficient (Wildman–Crippen LogP) is 6.33. The Balaban J connectivity index is 1.13. The molecule has 0 aromatic heterocycles. The van der Waals surface area contributed by atoms with E-state index in [4.69, 9.17) is 9.47 Å². The maximum absolute atomic E-state index is 15.0. The van der Waals surface area contributed by atoms with Crippen molar-refractivity contribution in [3.05, 3.63) is 144 Å². The van der Waals surface area contributed by atoms with E-state index in [1.807, 2.05) is 26.8 Å². The molecule has 2 saturated heterocycles. The monoisotopic (exact) mass is 1180 g/mol. The van der Waals surface area contributed by atoms with Gasteiger partial charge in [-0.05, 0) is 118 Å². The number of piperidine rings is 1. The number of ketones is 1. The Morgan fingerprint density at radius 1 is 0.709 bits per heavy atom. The van der Waals surface area contributed by atoms with Crippen LogP contribution in [0.2, 0.25) is 0 Å². The van der Waals surface area contributed by atoms with E-state index in [1.54, 1.807) is 122 Å². The highest BCUT2D eigenvalue weighted by molar-refractivity contribution is 6.38. The number of amides is 8. The standard InChI is InChI=1S/C65H80N8O13/c1-9-55(76)86-41-65(5,6)57(77)63(83)73-35-18-17-27-51(73)64(84)85-40-44-21-19-26-48(38-44)66-53(74)33-34-54(75)69-56(45-22-13-11-14-23-45)59(79)68-49(39-43-29-31-46(32-30-43)58(78)67-47-24-15-12-16-25-47)60(80)72-36-20-28-50(72)62(82)71(8)52(37-42(3)4)61(81)70(7)10-2/h9,11-16,19,21-26,29-32,38,42,49-52,56H,1,10,17-18,20,27-28,33-37,39-41H2,2-8H3,(H,66,74)(H,67,78)(H,68,79)(H,69,75)/t49-,50+,51-,52-,56-/m0/s1. The van der Waals surface area contributed by atoms with Gasteiger partial charge in [-0.25, -0.2) is 9.59 Å². The summed E-state index contributed by atoms with van der Waals surface area (Å²) < 4.78 is 10.7. The molecule has 86 heavy (non-hydrogen) atoms. The van der Waals surface area contributed by atoms with Gasteiger partial charge in [0.05, 0.1) is 5.41 Å². The van der Waals surface area contributed by atoms with Crippen LogP contribution in [0.1, 0.15) is 119 Å². The summed E-state index contributed by atoms with van der Waals surface area (Å²) in [5, 5.41) is 11.2. The van der Waals surface area contributed by atoms with Crippen LogP contribution in [0, 0.1) is 11.3 Å². The van der Waals surface area contributed by atoms with Gasteiger partial charge in [0.25, 0.3) is 11.8 Å². The molecule has 0 saturated carbocycles. The van der Waals surface area contributed by atoms with E-state index in [-0.39, 0.29) is 69.7 Å². The van der Waals surface area contributed by atoms with Crippen LogP contribution in [0.15, 0.2) is 122 Å². The summed E-state index contributed by atoms with van der Waals surface area (Å²) in [6, 6.07) is 24.9. The smallest absolute Gasteiger partial charge is 0.330 e. The van der Waals surface area contributed by atoms with E-state index in [2.05, 4.69) is 27.8 Å². The molecule has 0 unspecified atom stereocenters. The number of hydrogen-bond donors (Lipinski definition) is 4. The highest BCUT2D eigenvalue weighted by Crippen LogP contribution is 2.27. The predicted molar refractivity (Wildman–Crippen MR) is 321 cm³/mol. The molecule has 0 radical (unpaired) electrons.